The Morgan fingerprint density at radius 3 is 2.40 bits per heavy atom. The fraction of sp³-hybridized carbons (Fsp3) is 0.769. The minimum atomic E-state index is -0.00196. The molecule has 0 radical (unpaired) electrons. The average Bonchev–Trinajstić information content (AvgIpc) is 2.39. The second-order valence-corrected chi connectivity index (χ2v) is 6.44. The van der Waals surface area contributed by atoms with E-state index in [0.29, 0.717) is 5.95 Å². The van der Waals surface area contributed by atoms with Crippen LogP contribution in [0.15, 0.2) is 0 Å². The summed E-state index contributed by atoms with van der Waals surface area (Å²) >= 11 is 7.76. The van der Waals surface area contributed by atoms with E-state index in [1.807, 2.05) is 25.6 Å². The molecule has 0 saturated carbocycles. The number of nitrogens with zero attached hydrogens (tertiary/aromatic N) is 3. The van der Waals surface area contributed by atoms with Gasteiger partial charge in [-0.2, -0.15) is 26.7 Å². The van der Waals surface area contributed by atoms with E-state index in [9.17, 15) is 0 Å². The first-order chi connectivity index (χ1) is 9.44. The molecule has 1 heterocycles. The van der Waals surface area contributed by atoms with E-state index < -0.39 is 0 Å². The summed E-state index contributed by atoms with van der Waals surface area (Å²) in [6, 6.07) is 0.255. The molecule has 1 aromatic rings. The third-order valence-electron chi connectivity index (χ3n) is 3.22. The molecule has 0 fully saturated rings. The summed E-state index contributed by atoms with van der Waals surface area (Å²) in [5.41, 5.74) is 0. The zero-order valence-electron chi connectivity index (χ0n) is 12.7. The molecule has 0 aliphatic heterocycles. The minimum Gasteiger partial charge on any atom is -0.461 e. The van der Waals surface area contributed by atoms with Gasteiger partial charge in [0, 0.05) is 11.3 Å². The van der Waals surface area contributed by atoms with E-state index in [2.05, 4.69) is 40.4 Å². The second kappa shape index (κ2) is 7.88. The van der Waals surface area contributed by atoms with Crippen LogP contribution in [0.25, 0.3) is 0 Å². The monoisotopic (exact) mass is 318 g/mol. The van der Waals surface area contributed by atoms with Gasteiger partial charge in [0.15, 0.2) is 0 Å². The zero-order valence-corrected chi connectivity index (χ0v) is 14.3. The van der Waals surface area contributed by atoms with Crippen molar-refractivity contribution < 1.29 is 4.74 Å². The molecule has 0 saturated heterocycles. The molecule has 0 amide bonds. The molecule has 1 N–H and O–H groups in total. The summed E-state index contributed by atoms with van der Waals surface area (Å²) in [6.07, 6.45) is 4.28. The van der Waals surface area contributed by atoms with Crippen LogP contribution in [0.4, 0.5) is 5.95 Å². The van der Waals surface area contributed by atoms with Crippen LogP contribution in [0.5, 0.6) is 6.01 Å². The van der Waals surface area contributed by atoms with Crippen LogP contribution < -0.4 is 10.1 Å². The van der Waals surface area contributed by atoms with Crippen LogP contribution in [0.3, 0.4) is 0 Å². The number of rotatable bonds is 8. The molecule has 1 aromatic heterocycles. The van der Waals surface area contributed by atoms with Gasteiger partial charge in [-0.15, -0.1) is 0 Å². The van der Waals surface area contributed by atoms with Crippen molar-refractivity contribution in [3.63, 3.8) is 0 Å². The summed E-state index contributed by atoms with van der Waals surface area (Å²) in [5, 5.41) is 3.39. The fourth-order valence-electron chi connectivity index (χ4n) is 1.78. The van der Waals surface area contributed by atoms with Gasteiger partial charge in [0.25, 0.3) is 0 Å². The Morgan fingerprint density at radius 2 is 1.90 bits per heavy atom. The maximum absolute atomic E-state index is 5.90. The molecule has 1 rings (SSSR count). The number of nitrogens with one attached hydrogen (secondary N) is 1. The van der Waals surface area contributed by atoms with E-state index in [4.69, 9.17) is 16.3 Å². The van der Waals surface area contributed by atoms with Gasteiger partial charge in [0.1, 0.15) is 0 Å². The first kappa shape index (κ1) is 17.3. The number of anilines is 1. The quantitative estimate of drug-likeness (QED) is 0.789. The Balaban J connectivity index is 2.79. The van der Waals surface area contributed by atoms with Gasteiger partial charge in [-0.25, -0.2) is 0 Å². The van der Waals surface area contributed by atoms with E-state index in [1.54, 1.807) is 0 Å². The Kier molecular flexibility index (Phi) is 6.82. The highest BCUT2D eigenvalue weighted by atomic mass is 35.5. The first-order valence-electron chi connectivity index (χ1n) is 6.82. The SMILES string of the molecule is CCC(CC)(CNc1nc(Cl)nc(OC(C)C)n1)SC. The molecule has 0 atom stereocenters. The summed E-state index contributed by atoms with van der Waals surface area (Å²) in [5.74, 6) is 0.459. The van der Waals surface area contributed by atoms with Crippen molar-refractivity contribution >= 4 is 29.3 Å². The first-order valence-corrected chi connectivity index (χ1v) is 8.42. The van der Waals surface area contributed by atoms with Gasteiger partial charge in [0.2, 0.25) is 11.2 Å². The van der Waals surface area contributed by atoms with Gasteiger partial charge < -0.3 is 10.1 Å². The van der Waals surface area contributed by atoms with Crippen LogP contribution in [0, 0.1) is 0 Å². The van der Waals surface area contributed by atoms with E-state index in [1.165, 1.54) is 0 Å². The number of halogens is 1. The van der Waals surface area contributed by atoms with Gasteiger partial charge >= 0.3 is 6.01 Å². The molecular weight excluding hydrogens is 296 g/mol. The van der Waals surface area contributed by atoms with Gasteiger partial charge in [-0.05, 0) is 44.5 Å². The second-order valence-electron chi connectivity index (χ2n) is 4.83. The Bertz CT molecular complexity index is 419. The number of ether oxygens (including phenoxy) is 1. The van der Waals surface area contributed by atoms with E-state index >= 15 is 0 Å². The third kappa shape index (κ3) is 4.98. The molecule has 0 aliphatic rings. The van der Waals surface area contributed by atoms with Crippen LogP contribution in [0.2, 0.25) is 5.28 Å². The van der Waals surface area contributed by atoms with Crippen LogP contribution in [0.1, 0.15) is 40.5 Å². The van der Waals surface area contributed by atoms with Crippen LogP contribution in [-0.4, -0.2) is 38.6 Å². The van der Waals surface area contributed by atoms with Gasteiger partial charge in [0.05, 0.1) is 6.10 Å². The Morgan fingerprint density at radius 1 is 1.25 bits per heavy atom. The lowest BCUT2D eigenvalue weighted by molar-refractivity contribution is 0.222. The maximum atomic E-state index is 5.90. The molecule has 0 bridgehead atoms. The molecule has 0 spiro atoms. The summed E-state index contributed by atoms with van der Waals surface area (Å²) in [4.78, 5) is 12.3. The van der Waals surface area contributed by atoms with Crippen molar-refractivity contribution in [1.82, 2.24) is 15.0 Å². The van der Waals surface area contributed by atoms with Crippen LogP contribution >= 0.6 is 23.4 Å². The standard InChI is InChI=1S/C13H23ClN4OS/c1-6-13(7-2,20-5)8-15-11-16-10(14)17-12(18-11)19-9(3)4/h9H,6-8H2,1-5H3,(H,15,16,17,18). The molecule has 114 valence electrons. The molecule has 20 heavy (non-hydrogen) atoms. The lowest BCUT2D eigenvalue weighted by atomic mass is 10.0. The number of hydrogen-bond acceptors (Lipinski definition) is 6. The van der Waals surface area contributed by atoms with Crippen molar-refractivity contribution in [3.8, 4) is 6.01 Å². The van der Waals surface area contributed by atoms with Crippen molar-refractivity contribution in [1.29, 1.82) is 0 Å². The van der Waals surface area contributed by atoms with E-state index in [0.717, 1.165) is 19.4 Å². The summed E-state index contributed by atoms with van der Waals surface area (Å²) in [6.45, 7) is 8.99. The smallest absolute Gasteiger partial charge is 0.322 e. The maximum Gasteiger partial charge on any atom is 0.322 e. The Labute approximate surface area is 130 Å². The van der Waals surface area contributed by atoms with Crippen molar-refractivity contribution in [2.24, 2.45) is 0 Å². The largest absolute Gasteiger partial charge is 0.461 e. The molecule has 0 aromatic carbocycles. The average molecular weight is 319 g/mol. The zero-order chi connectivity index (χ0) is 15.2. The van der Waals surface area contributed by atoms with Gasteiger partial charge in [-0.3, -0.25) is 0 Å². The number of thioether (sulfide) groups is 1. The lowest BCUT2D eigenvalue weighted by Gasteiger charge is -2.29. The van der Waals surface area contributed by atoms with Crippen molar-refractivity contribution in [2.75, 3.05) is 18.1 Å². The molecule has 0 unspecified atom stereocenters. The van der Waals surface area contributed by atoms with E-state index in [-0.39, 0.29) is 22.1 Å². The highest BCUT2D eigenvalue weighted by molar-refractivity contribution is 8.00. The lowest BCUT2D eigenvalue weighted by Crippen LogP contribution is -2.32. The third-order valence-corrected chi connectivity index (χ3v) is 4.98. The molecule has 0 aliphatic carbocycles. The predicted molar refractivity (Wildman–Crippen MR) is 85.9 cm³/mol. The minimum absolute atomic E-state index is 0.00196. The molecule has 7 heteroatoms. The molecular formula is C13H23ClN4OS. The van der Waals surface area contributed by atoms with Crippen LogP contribution in [-0.2, 0) is 0 Å². The highest BCUT2D eigenvalue weighted by Crippen LogP contribution is 2.30. The highest BCUT2D eigenvalue weighted by Gasteiger charge is 2.25. The van der Waals surface area contributed by atoms with Crippen molar-refractivity contribution in [2.45, 2.75) is 51.4 Å². The Hall–Kier alpha value is -0.750. The topological polar surface area (TPSA) is 59.9 Å². The fourth-order valence-corrected chi connectivity index (χ4v) is 2.72. The summed E-state index contributed by atoms with van der Waals surface area (Å²) < 4.78 is 5.63. The normalized spacial score (nSPS) is 11.8. The van der Waals surface area contributed by atoms with Crippen molar-refractivity contribution in [3.05, 3.63) is 5.28 Å². The predicted octanol–water partition coefficient (Wildman–Crippen LogP) is 3.65. The number of hydrogen-bond donors (Lipinski definition) is 1. The number of aromatic nitrogens is 3. The molecule has 5 nitrogen and oxygen atoms in total. The summed E-state index contributed by atoms with van der Waals surface area (Å²) in [7, 11) is 0. The van der Waals surface area contributed by atoms with Gasteiger partial charge in [-0.1, -0.05) is 13.8 Å².